The molecule has 0 saturated heterocycles. The zero-order valence-corrected chi connectivity index (χ0v) is 17.3. The lowest BCUT2D eigenvalue weighted by Gasteiger charge is -2.23. The fraction of sp³-hybridized carbons (Fsp3) is 0.174. The number of hydrogen-bond acceptors (Lipinski definition) is 3. The monoisotopic (exact) mass is 408 g/mol. The third-order valence-electron chi connectivity index (χ3n) is 4.55. The van der Waals surface area contributed by atoms with Crippen LogP contribution in [0.5, 0.6) is 0 Å². The summed E-state index contributed by atoms with van der Waals surface area (Å²) >= 11 is 0. The summed E-state index contributed by atoms with van der Waals surface area (Å²) in [7, 11) is -0.429. The Morgan fingerprint density at radius 1 is 0.724 bits per heavy atom. The number of amides is 1. The summed E-state index contributed by atoms with van der Waals surface area (Å²) in [6, 6.07) is 25.1. The number of benzene rings is 3. The molecule has 0 unspecified atom stereocenters. The lowest BCUT2D eigenvalue weighted by molar-refractivity contribution is 0.0827. The molecule has 0 aliphatic heterocycles. The van der Waals surface area contributed by atoms with E-state index < -0.39 is 10.0 Å². The maximum atomic E-state index is 13.4. The van der Waals surface area contributed by atoms with Gasteiger partial charge in [0.05, 0.1) is 4.90 Å². The van der Waals surface area contributed by atoms with Gasteiger partial charge in [-0.05, 0) is 35.4 Å². The number of sulfonamides is 1. The van der Waals surface area contributed by atoms with Gasteiger partial charge in [0.1, 0.15) is 0 Å². The number of carbonyl (C=O) groups is 1. The Kier molecular flexibility index (Phi) is 6.46. The van der Waals surface area contributed by atoms with Gasteiger partial charge in [0.15, 0.2) is 0 Å². The molecule has 0 atom stereocenters. The predicted octanol–water partition coefficient (Wildman–Crippen LogP) is 3.78. The SMILES string of the molecule is CN(C)C(=O)c1ccc(S(=O)(=O)N(Cc2ccccc2)Cc2ccccc2)cc1. The molecule has 0 aliphatic carbocycles. The molecule has 0 aliphatic rings. The van der Waals surface area contributed by atoms with Crippen LogP contribution in [0.1, 0.15) is 21.5 Å². The van der Waals surface area contributed by atoms with Crippen molar-refractivity contribution in [3.8, 4) is 0 Å². The number of nitrogens with zero attached hydrogens (tertiary/aromatic N) is 2. The van der Waals surface area contributed by atoms with Crippen LogP contribution in [-0.2, 0) is 23.1 Å². The van der Waals surface area contributed by atoms with Gasteiger partial charge in [0, 0.05) is 32.7 Å². The third kappa shape index (κ3) is 5.10. The molecule has 0 fully saturated rings. The maximum absolute atomic E-state index is 13.4. The molecule has 3 aromatic carbocycles. The summed E-state index contributed by atoms with van der Waals surface area (Å²) in [5.74, 6) is -0.167. The Balaban J connectivity index is 1.93. The Morgan fingerprint density at radius 3 is 1.59 bits per heavy atom. The molecule has 0 spiro atoms. The van der Waals surface area contributed by atoms with Crippen molar-refractivity contribution in [2.45, 2.75) is 18.0 Å². The molecular formula is C23H24N2O3S. The van der Waals surface area contributed by atoms with E-state index >= 15 is 0 Å². The molecule has 0 bridgehead atoms. The fourth-order valence-electron chi connectivity index (χ4n) is 2.98. The first-order chi connectivity index (χ1) is 13.9. The predicted molar refractivity (Wildman–Crippen MR) is 114 cm³/mol. The van der Waals surface area contributed by atoms with Crippen molar-refractivity contribution in [2.24, 2.45) is 0 Å². The number of carbonyl (C=O) groups excluding carboxylic acids is 1. The van der Waals surface area contributed by atoms with Crippen LogP contribution in [0, 0.1) is 0 Å². The third-order valence-corrected chi connectivity index (χ3v) is 6.35. The van der Waals surface area contributed by atoms with E-state index in [1.54, 1.807) is 26.2 Å². The van der Waals surface area contributed by atoms with E-state index in [4.69, 9.17) is 0 Å². The van der Waals surface area contributed by atoms with Crippen molar-refractivity contribution >= 4 is 15.9 Å². The first kappa shape index (κ1) is 20.8. The van der Waals surface area contributed by atoms with E-state index in [2.05, 4.69) is 0 Å². The van der Waals surface area contributed by atoms with Crippen molar-refractivity contribution in [3.05, 3.63) is 102 Å². The molecule has 0 radical (unpaired) electrons. The van der Waals surface area contributed by atoms with Crippen LogP contribution in [0.4, 0.5) is 0 Å². The van der Waals surface area contributed by atoms with E-state index in [9.17, 15) is 13.2 Å². The Bertz CT molecular complexity index is 1010. The van der Waals surface area contributed by atoms with Gasteiger partial charge in [0.25, 0.3) is 5.91 Å². The van der Waals surface area contributed by atoms with Crippen LogP contribution in [0.3, 0.4) is 0 Å². The smallest absolute Gasteiger partial charge is 0.253 e. The number of hydrogen-bond donors (Lipinski definition) is 0. The molecule has 3 aromatic rings. The molecule has 150 valence electrons. The van der Waals surface area contributed by atoms with Crippen molar-refractivity contribution in [1.29, 1.82) is 0 Å². The molecule has 1 amide bonds. The van der Waals surface area contributed by atoms with E-state index in [1.807, 2.05) is 60.7 Å². The number of rotatable bonds is 7. The van der Waals surface area contributed by atoms with Gasteiger partial charge in [-0.15, -0.1) is 0 Å². The van der Waals surface area contributed by atoms with E-state index in [0.717, 1.165) is 11.1 Å². The average Bonchev–Trinajstić information content (AvgIpc) is 2.74. The first-order valence-corrected chi connectivity index (χ1v) is 10.7. The molecule has 0 N–H and O–H groups in total. The molecule has 3 rings (SSSR count). The molecule has 29 heavy (non-hydrogen) atoms. The minimum atomic E-state index is -3.75. The summed E-state index contributed by atoms with van der Waals surface area (Å²) in [5, 5.41) is 0. The van der Waals surface area contributed by atoms with Crippen LogP contribution in [0.15, 0.2) is 89.8 Å². The minimum absolute atomic E-state index is 0.166. The molecule has 0 heterocycles. The van der Waals surface area contributed by atoms with Crippen LogP contribution in [-0.4, -0.2) is 37.6 Å². The fourth-order valence-corrected chi connectivity index (χ4v) is 4.39. The highest BCUT2D eigenvalue weighted by molar-refractivity contribution is 7.89. The van der Waals surface area contributed by atoms with Gasteiger partial charge in [-0.1, -0.05) is 60.7 Å². The Morgan fingerprint density at radius 2 is 1.17 bits per heavy atom. The summed E-state index contributed by atoms with van der Waals surface area (Å²) in [6.07, 6.45) is 0. The van der Waals surface area contributed by atoms with Crippen molar-refractivity contribution < 1.29 is 13.2 Å². The van der Waals surface area contributed by atoms with Gasteiger partial charge < -0.3 is 4.90 Å². The van der Waals surface area contributed by atoms with Crippen molar-refractivity contribution in [1.82, 2.24) is 9.21 Å². The quantitative estimate of drug-likeness (QED) is 0.598. The summed E-state index contributed by atoms with van der Waals surface area (Å²) in [4.78, 5) is 13.7. The maximum Gasteiger partial charge on any atom is 0.253 e. The second-order valence-corrected chi connectivity index (χ2v) is 8.91. The molecule has 0 aromatic heterocycles. The topological polar surface area (TPSA) is 57.7 Å². The lowest BCUT2D eigenvalue weighted by Crippen LogP contribution is -2.30. The highest BCUT2D eigenvalue weighted by atomic mass is 32.2. The minimum Gasteiger partial charge on any atom is -0.345 e. The lowest BCUT2D eigenvalue weighted by atomic mass is 10.2. The van der Waals surface area contributed by atoms with Gasteiger partial charge in [-0.2, -0.15) is 4.31 Å². The zero-order valence-electron chi connectivity index (χ0n) is 16.5. The summed E-state index contributed by atoms with van der Waals surface area (Å²) in [6.45, 7) is 0.521. The van der Waals surface area contributed by atoms with Gasteiger partial charge in [-0.25, -0.2) is 8.42 Å². The largest absolute Gasteiger partial charge is 0.345 e. The first-order valence-electron chi connectivity index (χ1n) is 9.27. The van der Waals surface area contributed by atoms with Gasteiger partial charge in [-0.3, -0.25) is 4.79 Å². The highest BCUT2D eigenvalue weighted by Crippen LogP contribution is 2.22. The van der Waals surface area contributed by atoms with Crippen molar-refractivity contribution in [2.75, 3.05) is 14.1 Å². The van der Waals surface area contributed by atoms with Crippen LogP contribution in [0.25, 0.3) is 0 Å². The van der Waals surface area contributed by atoms with Crippen LogP contribution < -0.4 is 0 Å². The van der Waals surface area contributed by atoms with Crippen LogP contribution in [0.2, 0.25) is 0 Å². The van der Waals surface area contributed by atoms with E-state index in [-0.39, 0.29) is 23.9 Å². The van der Waals surface area contributed by atoms with Gasteiger partial charge in [0.2, 0.25) is 10.0 Å². The molecule has 5 nitrogen and oxygen atoms in total. The Labute approximate surface area is 172 Å². The second-order valence-electron chi connectivity index (χ2n) is 6.97. The Hall–Kier alpha value is -2.96. The van der Waals surface area contributed by atoms with E-state index in [1.165, 1.54) is 21.3 Å². The summed E-state index contributed by atoms with van der Waals surface area (Å²) in [5.41, 5.74) is 2.27. The normalized spacial score (nSPS) is 11.4. The van der Waals surface area contributed by atoms with Crippen molar-refractivity contribution in [3.63, 3.8) is 0 Å². The summed E-state index contributed by atoms with van der Waals surface area (Å²) < 4.78 is 28.2. The zero-order chi connectivity index (χ0) is 20.9. The molecule has 0 saturated carbocycles. The van der Waals surface area contributed by atoms with Crippen LogP contribution >= 0.6 is 0 Å². The molecular weight excluding hydrogens is 384 g/mol. The second kappa shape index (κ2) is 9.03. The van der Waals surface area contributed by atoms with E-state index in [0.29, 0.717) is 5.56 Å². The van der Waals surface area contributed by atoms with Gasteiger partial charge >= 0.3 is 0 Å². The standard InChI is InChI=1S/C23H24N2O3S/c1-24(2)23(26)21-13-15-22(16-14-21)29(27,28)25(17-19-9-5-3-6-10-19)18-20-11-7-4-8-12-20/h3-16H,17-18H2,1-2H3. The average molecular weight is 409 g/mol. The highest BCUT2D eigenvalue weighted by Gasteiger charge is 2.25. The molecule has 6 heteroatoms.